The van der Waals surface area contributed by atoms with E-state index in [1.165, 1.54) is 13.0 Å². The number of carbonyl (C=O) groups excluding carboxylic acids is 2. The normalized spacial score (nSPS) is 11.9. The maximum Gasteiger partial charge on any atom is 0.342 e. The molecule has 8 nitrogen and oxygen atoms in total. The first-order valence-electron chi connectivity index (χ1n) is 7.75. The van der Waals surface area contributed by atoms with Gasteiger partial charge in [0.1, 0.15) is 22.8 Å². The first-order valence-corrected chi connectivity index (χ1v) is 7.75. The molecule has 134 valence electrons. The maximum atomic E-state index is 12.3. The van der Waals surface area contributed by atoms with Crippen molar-refractivity contribution in [1.29, 1.82) is 0 Å². The zero-order valence-electron chi connectivity index (χ0n) is 14.0. The van der Waals surface area contributed by atoms with Crippen molar-refractivity contribution in [2.75, 3.05) is 5.32 Å². The average Bonchev–Trinajstić information content (AvgIpc) is 3.02. The third kappa shape index (κ3) is 3.30. The van der Waals surface area contributed by atoms with Gasteiger partial charge in [0.2, 0.25) is 0 Å². The number of rotatable bonds is 4. The number of phenols is 2. The lowest BCUT2D eigenvalue weighted by Crippen LogP contribution is -2.30. The quantitative estimate of drug-likeness (QED) is 0.485. The second kappa shape index (κ2) is 6.75. The first-order chi connectivity index (χ1) is 12.4. The molecule has 0 saturated heterocycles. The number of ether oxygens (including phenoxy) is 1. The van der Waals surface area contributed by atoms with E-state index in [0.29, 0.717) is 16.5 Å². The molecular formula is C18H16N2O6. The summed E-state index contributed by atoms with van der Waals surface area (Å²) in [5.74, 6) is -1.36. The SMILES string of the molecule is Cc1cc(NC(=O)[C@@H](C)OC(=O)c2cc(O)c3ccccc3c2O)no1. The molecule has 8 heteroatoms. The van der Waals surface area contributed by atoms with Gasteiger partial charge in [0.15, 0.2) is 11.9 Å². The number of nitrogens with zero attached hydrogens (tertiary/aromatic N) is 1. The molecule has 26 heavy (non-hydrogen) atoms. The van der Waals surface area contributed by atoms with E-state index in [0.717, 1.165) is 6.07 Å². The molecule has 1 atom stereocenters. The molecule has 1 aromatic heterocycles. The third-order valence-electron chi connectivity index (χ3n) is 3.75. The Labute approximate surface area is 148 Å². The van der Waals surface area contributed by atoms with Gasteiger partial charge in [-0.15, -0.1) is 0 Å². The highest BCUT2D eigenvalue weighted by atomic mass is 16.5. The van der Waals surface area contributed by atoms with Crippen molar-refractivity contribution in [3.8, 4) is 11.5 Å². The summed E-state index contributed by atoms with van der Waals surface area (Å²) < 4.78 is 9.91. The zero-order chi connectivity index (χ0) is 18.8. The Balaban J connectivity index is 1.78. The number of aryl methyl sites for hydroxylation is 1. The minimum absolute atomic E-state index is 0.180. The molecule has 0 aliphatic heterocycles. The van der Waals surface area contributed by atoms with Crippen LogP contribution in [0.15, 0.2) is 40.9 Å². The lowest BCUT2D eigenvalue weighted by Gasteiger charge is -2.14. The van der Waals surface area contributed by atoms with Crippen molar-refractivity contribution in [1.82, 2.24) is 5.16 Å². The predicted molar refractivity (Wildman–Crippen MR) is 92.0 cm³/mol. The number of hydrogen-bond donors (Lipinski definition) is 3. The van der Waals surface area contributed by atoms with Crippen LogP contribution >= 0.6 is 0 Å². The Morgan fingerprint density at radius 1 is 1.19 bits per heavy atom. The van der Waals surface area contributed by atoms with Crippen LogP contribution in [0.5, 0.6) is 11.5 Å². The van der Waals surface area contributed by atoms with Crippen molar-refractivity contribution >= 4 is 28.5 Å². The smallest absolute Gasteiger partial charge is 0.342 e. The van der Waals surface area contributed by atoms with E-state index in [9.17, 15) is 19.8 Å². The number of carbonyl (C=O) groups is 2. The number of amides is 1. The fourth-order valence-corrected chi connectivity index (χ4v) is 2.43. The van der Waals surface area contributed by atoms with Crippen molar-refractivity contribution in [2.24, 2.45) is 0 Å². The van der Waals surface area contributed by atoms with Crippen molar-refractivity contribution in [2.45, 2.75) is 20.0 Å². The van der Waals surface area contributed by atoms with Crippen LogP contribution in [0.1, 0.15) is 23.0 Å². The fourth-order valence-electron chi connectivity index (χ4n) is 2.43. The number of esters is 1. The van der Waals surface area contributed by atoms with Crippen LogP contribution in [0.3, 0.4) is 0 Å². The highest BCUT2D eigenvalue weighted by molar-refractivity contribution is 6.04. The Bertz CT molecular complexity index is 995. The Morgan fingerprint density at radius 2 is 1.88 bits per heavy atom. The van der Waals surface area contributed by atoms with E-state index >= 15 is 0 Å². The van der Waals surface area contributed by atoms with Gasteiger partial charge in [0, 0.05) is 16.8 Å². The molecule has 0 unspecified atom stereocenters. The molecule has 3 rings (SSSR count). The summed E-state index contributed by atoms with van der Waals surface area (Å²) in [4.78, 5) is 24.4. The molecule has 0 aliphatic rings. The molecule has 0 radical (unpaired) electrons. The molecule has 1 heterocycles. The number of anilines is 1. The number of fused-ring (bicyclic) bond motifs is 1. The largest absolute Gasteiger partial charge is 0.507 e. The van der Waals surface area contributed by atoms with Gasteiger partial charge in [-0.2, -0.15) is 0 Å². The van der Waals surface area contributed by atoms with E-state index in [1.54, 1.807) is 31.2 Å². The summed E-state index contributed by atoms with van der Waals surface area (Å²) in [6.45, 7) is 3.04. The average molecular weight is 356 g/mol. The highest BCUT2D eigenvalue weighted by Gasteiger charge is 2.23. The lowest BCUT2D eigenvalue weighted by atomic mass is 10.0. The summed E-state index contributed by atoms with van der Waals surface area (Å²) in [5, 5.41) is 27.1. The van der Waals surface area contributed by atoms with Crippen LogP contribution in [0.25, 0.3) is 10.8 Å². The molecule has 3 aromatic rings. The maximum absolute atomic E-state index is 12.3. The summed E-state index contributed by atoms with van der Waals surface area (Å²) in [7, 11) is 0. The Morgan fingerprint density at radius 3 is 2.54 bits per heavy atom. The Kier molecular flexibility index (Phi) is 4.49. The minimum Gasteiger partial charge on any atom is -0.507 e. The number of aromatic nitrogens is 1. The third-order valence-corrected chi connectivity index (χ3v) is 3.75. The highest BCUT2D eigenvalue weighted by Crippen LogP contribution is 2.35. The molecule has 0 saturated carbocycles. The summed E-state index contributed by atoms with van der Waals surface area (Å²) in [6, 6.07) is 9.13. The van der Waals surface area contributed by atoms with Crippen LogP contribution in [0.4, 0.5) is 5.82 Å². The molecule has 0 bridgehead atoms. The van der Waals surface area contributed by atoms with Gasteiger partial charge in [0.25, 0.3) is 5.91 Å². The topological polar surface area (TPSA) is 122 Å². The molecule has 1 amide bonds. The lowest BCUT2D eigenvalue weighted by molar-refractivity contribution is -0.123. The fraction of sp³-hybridized carbons (Fsp3) is 0.167. The summed E-state index contributed by atoms with van der Waals surface area (Å²) >= 11 is 0. The number of nitrogens with one attached hydrogen (secondary N) is 1. The molecule has 0 fully saturated rings. The monoisotopic (exact) mass is 356 g/mol. The van der Waals surface area contributed by atoms with Crippen molar-refractivity contribution in [3.63, 3.8) is 0 Å². The number of phenolic OH excluding ortho intramolecular Hbond substituents is 2. The second-order valence-corrected chi connectivity index (χ2v) is 5.70. The van der Waals surface area contributed by atoms with Crippen LogP contribution in [0, 0.1) is 6.92 Å². The van der Waals surface area contributed by atoms with E-state index < -0.39 is 18.0 Å². The molecule has 0 aliphatic carbocycles. The van der Waals surface area contributed by atoms with E-state index in [4.69, 9.17) is 9.26 Å². The van der Waals surface area contributed by atoms with Crippen LogP contribution in [-0.4, -0.2) is 33.4 Å². The van der Waals surface area contributed by atoms with E-state index in [-0.39, 0.29) is 22.9 Å². The van der Waals surface area contributed by atoms with Gasteiger partial charge < -0.3 is 24.8 Å². The van der Waals surface area contributed by atoms with Gasteiger partial charge >= 0.3 is 5.97 Å². The van der Waals surface area contributed by atoms with E-state index in [2.05, 4.69) is 10.5 Å². The summed E-state index contributed by atoms with van der Waals surface area (Å²) in [6.07, 6.45) is -1.16. The van der Waals surface area contributed by atoms with Gasteiger partial charge in [0.05, 0.1) is 0 Å². The van der Waals surface area contributed by atoms with Crippen LogP contribution < -0.4 is 5.32 Å². The zero-order valence-corrected chi connectivity index (χ0v) is 14.0. The minimum atomic E-state index is -1.16. The standard InChI is InChI=1S/C18H16N2O6/c1-9-7-15(20-26-9)19-17(23)10(2)25-18(24)13-8-14(21)11-5-3-4-6-12(11)16(13)22/h3-8,10,21-22H,1-2H3,(H,19,20,23)/t10-/m1/s1. The molecule has 2 aromatic carbocycles. The van der Waals surface area contributed by atoms with Gasteiger partial charge in [-0.3, -0.25) is 4.79 Å². The first kappa shape index (κ1) is 17.3. The molecule has 3 N–H and O–H groups in total. The van der Waals surface area contributed by atoms with Gasteiger partial charge in [-0.1, -0.05) is 29.4 Å². The van der Waals surface area contributed by atoms with Crippen molar-refractivity contribution in [3.05, 3.63) is 47.7 Å². The Hall–Kier alpha value is -3.55. The number of aromatic hydroxyl groups is 2. The number of hydrogen-bond acceptors (Lipinski definition) is 7. The van der Waals surface area contributed by atoms with Gasteiger partial charge in [-0.05, 0) is 19.9 Å². The molecule has 0 spiro atoms. The summed E-state index contributed by atoms with van der Waals surface area (Å²) in [5.41, 5.74) is -0.238. The van der Waals surface area contributed by atoms with E-state index in [1.807, 2.05) is 0 Å². The van der Waals surface area contributed by atoms with Crippen LogP contribution in [0.2, 0.25) is 0 Å². The van der Waals surface area contributed by atoms with Crippen LogP contribution in [-0.2, 0) is 9.53 Å². The second-order valence-electron chi connectivity index (χ2n) is 5.70. The number of benzene rings is 2. The van der Waals surface area contributed by atoms with Crippen molar-refractivity contribution < 1.29 is 29.1 Å². The van der Waals surface area contributed by atoms with Gasteiger partial charge in [-0.25, -0.2) is 4.79 Å². The predicted octanol–water partition coefficient (Wildman–Crippen LogP) is 2.73. The molecular weight excluding hydrogens is 340 g/mol.